The number of hydrogen-bond donors (Lipinski definition) is 0. The minimum Gasteiger partial charge on any atom is -0.299 e. The molecule has 98 valence electrons. The summed E-state index contributed by atoms with van der Waals surface area (Å²) in [6.45, 7) is 3.63. The van der Waals surface area contributed by atoms with Crippen LogP contribution < -0.4 is 0 Å². The third-order valence-electron chi connectivity index (χ3n) is 2.77. The summed E-state index contributed by atoms with van der Waals surface area (Å²) >= 11 is 0. The quantitative estimate of drug-likeness (QED) is 0.500. The van der Waals surface area contributed by atoms with Gasteiger partial charge in [-0.25, -0.2) is 8.78 Å². The van der Waals surface area contributed by atoms with Gasteiger partial charge < -0.3 is 0 Å². The largest absolute Gasteiger partial charge is 0.299 e. The van der Waals surface area contributed by atoms with Crippen molar-refractivity contribution in [3.05, 3.63) is 48.1 Å². The van der Waals surface area contributed by atoms with Crippen LogP contribution in [0.4, 0.5) is 8.78 Å². The molecule has 0 aliphatic rings. The maximum absolute atomic E-state index is 13.3. The molecule has 0 aromatic heterocycles. The van der Waals surface area contributed by atoms with Gasteiger partial charge in [0.2, 0.25) is 0 Å². The van der Waals surface area contributed by atoms with Crippen molar-refractivity contribution in [3.8, 4) is 0 Å². The zero-order valence-corrected chi connectivity index (χ0v) is 10.4. The predicted octanol–water partition coefficient (Wildman–Crippen LogP) is 4.21. The van der Waals surface area contributed by atoms with Gasteiger partial charge in [0.1, 0.15) is 17.4 Å². The first-order chi connectivity index (χ1) is 8.63. The molecule has 1 aromatic carbocycles. The fourth-order valence-electron chi connectivity index (χ4n) is 1.75. The molecule has 3 heteroatoms. The fraction of sp³-hybridized carbons (Fsp3) is 0.400. The van der Waals surface area contributed by atoms with Gasteiger partial charge in [-0.15, -0.1) is 6.58 Å². The Bertz CT molecular complexity index is 413. The second kappa shape index (κ2) is 7.75. The van der Waals surface area contributed by atoms with Crippen LogP contribution in [0.1, 0.15) is 37.7 Å². The van der Waals surface area contributed by atoms with Crippen LogP contribution in [0, 0.1) is 11.6 Å². The molecule has 0 saturated heterocycles. The molecule has 1 aromatic rings. The van der Waals surface area contributed by atoms with Crippen molar-refractivity contribution in [2.24, 2.45) is 0 Å². The van der Waals surface area contributed by atoms with Crippen molar-refractivity contribution in [3.63, 3.8) is 0 Å². The first-order valence-electron chi connectivity index (χ1n) is 6.20. The number of carbonyl (C=O) groups is 1. The molecule has 0 amide bonds. The van der Waals surface area contributed by atoms with E-state index >= 15 is 0 Å². The van der Waals surface area contributed by atoms with E-state index in [0.29, 0.717) is 6.42 Å². The van der Waals surface area contributed by atoms with Gasteiger partial charge in [-0.1, -0.05) is 18.6 Å². The first-order valence-corrected chi connectivity index (χ1v) is 6.20. The summed E-state index contributed by atoms with van der Waals surface area (Å²) in [6.07, 6.45) is 6.14. The lowest BCUT2D eigenvalue weighted by Gasteiger charge is -2.03. The van der Waals surface area contributed by atoms with E-state index in [9.17, 15) is 13.6 Å². The molecular weight excluding hydrogens is 234 g/mol. The third kappa shape index (κ3) is 5.21. The van der Waals surface area contributed by atoms with Crippen LogP contribution in [0.5, 0.6) is 0 Å². The molecule has 0 N–H and O–H groups in total. The number of ketones is 1. The minimum atomic E-state index is -0.644. The van der Waals surface area contributed by atoms with Gasteiger partial charge in [-0.05, 0) is 30.9 Å². The molecule has 0 unspecified atom stereocenters. The predicted molar refractivity (Wildman–Crippen MR) is 68.4 cm³/mol. The van der Waals surface area contributed by atoms with Crippen LogP contribution in [-0.4, -0.2) is 5.78 Å². The molecule has 0 saturated carbocycles. The molecule has 0 radical (unpaired) electrons. The fourth-order valence-corrected chi connectivity index (χ4v) is 1.75. The molecule has 0 atom stereocenters. The summed E-state index contributed by atoms with van der Waals surface area (Å²) < 4.78 is 26.0. The highest BCUT2D eigenvalue weighted by Gasteiger charge is 2.08. The summed E-state index contributed by atoms with van der Waals surface area (Å²) in [5, 5.41) is 0. The lowest BCUT2D eigenvalue weighted by Crippen LogP contribution is -2.04. The van der Waals surface area contributed by atoms with Crippen molar-refractivity contribution in [1.82, 2.24) is 0 Å². The van der Waals surface area contributed by atoms with Crippen LogP contribution in [0.3, 0.4) is 0 Å². The van der Waals surface area contributed by atoms with E-state index < -0.39 is 11.6 Å². The van der Waals surface area contributed by atoms with Crippen molar-refractivity contribution in [1.29, 1.82) is 0 Å². The molecular formula is C15H18F2O. The monoisotopic (exact) mass is 252 g/mol. The summed E-state index contributed by atoms with van der Waals surface area (Å²) in [5.74, 6) is -1.26. The van der Waals surface area contributed by atoms with E-state index in [1.807, 2.05) is 6.08 Å². The van der Waals surface area contributed by atoms with E-state index in [1.165, 1.54) is 12.1 Å². The number of benzene rings is 1. The van der Waals surface area contributed by atoms with E-state index in [4.69, 9.17) is 0 Å². The van der Waals surface area contributed by atoms with E-state index in [1.54, 1.807) is 0 Å². The van der Waals surface area contributed by atoms with Gasteiger partial charge in [0.05, 0.1) is 0 Å². The third-order valence-corrected chi connectivity index (χ3v) is 2.77. The highest BCUT2D eigenvalue weighted by atomic mass is 19.1. The molecule has 0 heterocycles. The Morgan fingerprint density at radius 2 is 2.00 bits per heavy atom. The SMILES string of the molecule is C=CCCCCCC(=O)Cc1ccc(F)cc1F. The van der Waals surface area contributed by atoms with Gasteiger partial charge >= 0.3 is 0 Å². The number of carbonyl (C=O) groups excluding carboxylic acids is 1. The van der Waals surface area contributed by atoms with Gasteiger partial charge in [0, 0.05) is 18.9 Å². The van der Waals surface area contributed by atoms with Crippen LogP contribution >= 0.6 is 0 Å². The molecule has 1 rings (SSSR count). The number of rotatable bonds is 8. The highest BCUT2D eigenvalue weighted by molar-refractivity contribution is 5.80. The highest BCUT2D eigenvalue weighted by Crippen LogP contribution is 2.12. The van der Waals surface area contributed by atoms with Gasteiger partial charge in [0.25, 0.3) is 0 Å². The zero-order chi connectivity index (χ0) is 13.4. The summed E-state index contributed by atoms with van der Waals surface area (Å²) in [4.78, 5) is 11.6. The Labute approximate surface area is 107 Å². The number of unbranched alkanes of at least 4 members (excludes halogenated alkanes) is 3. The lowest BCUT2D eigenvalue weighted by molar-refractivity contribution is -0.118. The summed E-state index contributed by atoms with van der Waals surface area (Å²) in [7, 11) is 0. The van der Waals surface area contributed by atoms with Crippen molar-refractivity contribution >= 4 is 5.78 Å². The van der Waals surface area contributed by atoms with Crippen molar-refractivity contribution < 1.29 is 13.6 Å². The number of hydrogen-bond acceptors (Lipinski definition) is 1. The maximum atomic E-state index is 13.3. The standard InChI is InChI=1S/C15H18F2O/c1-2-3-4-5-6-7-14(18)10-12-8-9-13(16)11-15(12)17/h2,8-9,11H,1,3-7,10H2. The Hall–Kier alpha value is -1.51. The Morgan fingerprint density at radius 3 is 2.67 bits per heavy atom. The number of allylic oxidation sites excluding steroid dienone is 1. The van der Waals surface area contributed by atoms with Crippen LogP contribution in [0.2, 0.25) is 0 Å². The van der Waals surface area contributed by atoms with Crippen molar-refractivity contribution in [2.45, 2.75) is 38.5 Å². The van der Waals surface area contributed by atoms with Crippen LogP contribution in [0.25, 0.3) is 0 Å². The van der Waals surface area contributed by atoms with E-state index in [2.05, 4.69) is 6.58 Å². The lowest BCUT2D eigenvalue weighted by atomic mass is 10.0. The molecule has 0 spiro atoms. The van der Waals surface area contributed by atoms with Gasteiger partial charge in [-0.3, -0.25) is 4.79 Å². The van der Waals surface area contributed by atoms with Gasteiger partial charge in [0.15, 0.2) is 0 Å². The Kier molecular flexibility index (Phi) is 6.26. The smallest absolute Gasteiger partial charge is 0.137 e. The Morgan fingerprint density at radius 1 is 1.22 bits per heavy atom. The topological polar surface area (TPSA) is 17.1 Å². The molecule has 0 aliphatic carbocycles. The Balaban J connectivity index is 2.33. The molecule has 0 fully saturated rings. The van der Waals surface area contributed by atoms with Crippen LogP contribution in [-0.2, 0) is 11.2 Å². The van der Waals surface area contributed by atoms with E-state index in [0.717, 1.165) is 31.7 Å². The van der Waals surface area contributed by atoms with Gasteiger partial charge in [-0.2, -0.15) is 0 Å². The number of halogens is 2. The average molecular weight is 252 g/mol. The molecule has 1 nitrogen and oxygen atoms in total. The van der Waals surface area contributed by atoms with E-state index in [-0.39, 0.29) is 17.8 Å². The second-order valence-electron chi connectivity index (χ2n) is 4.34. The summed E-state index contributed by atoms with van der Waals surface area (Å²) in [5.41, 5.74) is 0.271. The number of Topliss-reactive ketones (excluding diaryl/α,β-unsaturated/α-hetero) is 1. The summed E-state index contributed by atoms with van der Waals surface area (Å²) in [6, 6.07) is 3.32. The molecule has 0 bridgehead atoms. The minimum absolute atomic E-state index is 0.000823. The second-order valence-corrected chi connectivity index (χ2v) is 4.34. The average Bonchev–Trinajstić information content (AvgIpc) is 2.32. The molecule has 0 aliphatic heterocycles. The maximum Gasteiger partial charge on any atom is 0.137 e. The normalized spacial score (nSPS) is 10.3. The zero-order valence-electron chi connectivity index (χ0n) is 10.4. The van der Waals surface area contributed by atoms with Crippen LogP contribution in [0.15, 0.2) is 30.9 Å². The van der Waals surface area contributed by atoms with Crippen molar-refractivity contribution in [2.75, 3.05) is 0 Å². The molecule has 18 heavy (non-hydrogen) atoms. The first kappa shape index (κ1) is 14.6.